The summed E-state index contributed by atoms with van der Waals surface area (Å²) in [5, 5.41) is 7.67. The molecule has 1 aromatic carbocycles. The van der Waals surface area contributed by atoms with E-state index in [0.717, 1.165) is 17.0 Å². The first-order chi connectivity index (χ1) is 15.1. The molecule has 4 N–H and O–H groups in total. The zero-order valence-electron chi connectivity index (χ0n) is 17.4. The van der Waals surface area contributed by atoms with Gasteiger partial charge >= 0.3 is 12.1 Å². The number of alkyl halides is 3. The molecule has 32 heavy (non-hydrogen) atoms. The number of benzene rings is 1. The molecule has 0 spiro atoms. The second-order valence-corrected chi connectivity index (χ2v) is 7.67. The van der Waals surface area contributed by atoms with Crippen molar-refractivity contribution in [3.63, 3.8) is 0 Å². The normalized spacial score (nSPS) is 14.6. The van der Waals surface area contributed by atoms with Gasteiger partial charge < -0.3 is 20.9 Å². The standard InChI is InChI=1S/C21H21F3N6O2/c1-10(9-26-20(32)21(22,23)24)27-18-11(2)28-15-5-3-4-12(17(15)30-18)16-8-13-14(29-16)6-7-25-19(13)31/h3-5,8,10,29H,6-7,9H2,1-2H3,(H,25,31)(H,26,32)(H,27,30)/t10-/m0/s1. The summed E-state index contributed by atoms with van der Waals surface area (Å²) in [6.07, 6.45) is -4.23. The van der Waals surface area contributed by atoms with Crippen molar-refractivity contribution in [3.05, 3.63) is 41.2 Å². The lowest BCUT2D eigenvalue weighted by Gasteiger charge is -2.18. The molecule has 11 heteroatoms. The number of rotatable bonds is 5. The van der Waals surface area contributed by atoms with Crippen molar-refractivity contribution in [2.45, 2.75) is 32.5 Å². The van der Waals surface area contributed by atoms with Gasteiger partial charge in [0.2, 0.25) is 0 Å². The average molecular weight is 446 g/mol. The zero-order chi connectivity index (χ0) is 23.0. The number of anilines is 1. The molecule has 3 aromatic rings. The van der Waals surface area contributed by atoms with E-state index in [-0.39, 0.29) is 12.5 Å². The molecule has 0 radical (unpaired) electrons. The molecular weight excluding hydrogens is 425 g/mol. The Bertz CT molecular complexity index is 1200. The Balaban J connectivity index is 1.63. The molecule has 0 fully saturated rings. The van der Waals surface area contributed by atoms with Gasteiger partial charge in [-0.25, -0.2) is 9.97 Å². The minimum Gasteiger partial charge on any atom is -0.364 e. The van der Waals surface area contributed by atoms with Gasteiger partial charge in [0.05, 0.1) is 16.8 Å². The van der Waals surface area contributed by atoms with Crippen LogP contribution in [0.1, 0.15) is 28.7 Å². The van der Waals surface area contributed by atoms with Crippen molar-refractivity contribution in [3.8, 4) is 11.3 Å². The molecule has 0 aliphatic carbocycles. The summed E-state index contributed by atoms with van der Waals surface area (Å²) in [6.45, 7) is 3.69. The summed E-state index contributed by atoms with van der Waals surface area (Å²) in [5.41, 5.74) is 4.70. The van der Waals surface area contributed by atoms with Crippen molar-refractivity contribution < 1.29 is 22.8 Å². The Labute approximate surface area is 181 Å². The highest BCUT2D eigenvalue weighted by Crippen LogP contribution is 2.30. The summed E-state index contributed by atoms with van der Waals surface area (Å²) in [6, 6.07) is 6.76. The summed E-state index contributed by atoms with van der Waals surface area (Å²) in [7, 11) is 0. The van der Waals surface area contributed by atoms with Gasteiger partial charge in [0.1, 0.15) is 11.3 Å². The number of amides is 2. The number of halogens is 3. The van der Waals surface area contributed by atoms with Crippen molar-refractivity contribution in [1.82, 2.24) is 25.6 Å². The smallest absolute Gasteiger partial charge is 0.364 e. The van der Waals surface area contributed by atoms with E-state index in [1.165, 1.54) is 0 Å². The maximum atomic E-state index is 12.4. The first kappa shape index (κ1) is 21.6. The second-order valence-electron chi connectivity index (χ2n) is 7.67. The van der Waals surface area contributed by atoms with Crippen LogP contribution in [0.3, 0.4) is 0 Å². The number of aryl methyl sites for hydroxylation is 1. The number of hydrogen-bond donors (Lipinski definition) is 4. The van der Waals surface area contributed by atoms with Gasteiger partial charge in [0.15, 0.2) is 0 Å². The van der Waals surface area contributed by atoms with E-state index in [1.807, 2.05) is 23.5 Å². The van der Waals surface area contributed by atoms with Crippen molar-refractivity contribution in [2.75, 3.05) is 18.4 Å². The molecule has 0 unspecified atom stereocenters. The van der Waals surface area contributed by atoms with Crippen LogP contribution in [0.2, 0.25) is 0 Å². The first-order valence-electron chi connectivity index (χ1n) is 10.0. The van der Waals surface area contributed by atoms with E-state index in [0.29, 0.717) is 41.1 Å². The summed E-state index contributed by atoms with van der Waals surface area (Å²) in [5.74, 6) is -1.73. The molecule has 8 nitrogen and oxygen atoms in total. The molecule has 4 rings (SSSR count). The summed E-state index contributed by atoms with van der Waals surface area (Å²) < 4.78 is 37.2. The number of aromatic amines is 1. The lowest BCUT2D eigenvalue weighted by molar-refractivity contribution is -0.173. The molecule has 0 saturated carbocycles. The van der Waals surface area contributed by atoms with Crippen molar-refractivity contribution in [1.29, 1.82) is 0 Å². The highest BCUT2D eigenvalue weighted by molar-refractivity contribution is 5.99. The first-order valence-corrected chi connectivity index (χ1v) is 10.0. The monoisotopic (exact) mass is 446 g/mol. The molecule has 2 amide bonds. The molecule has 168 valence electrons. The van der Waals surface area contributed by atoms with Crippen LogP contribution >= 0.6 is 0 Å². The number of carbonyl (C=O) groups excluding carboxylic acids is 2. The minimum atomic E-state index is -4.93. The maximum Gasteiger partial charge on any atom is 0.471 e. The van der Waals surface area contributed by atoms with Crippen LogP contribution in [0.4, 0.5) is 19.0 Å². The number of aromatic nitrogens is 3. The number of fused-ring (bicyclic) bond motifs is 2. The number of para-hydroxylation sites is 1. The fraction of sp³-hybridized carbons (Fsp3) is 0.333. The number of carbonyl (C=O) groups is 2. The van der Waals surface area contributed by atoms with Gasteiger partial charge in [0.25, 0.3) is 5.91 Å². The van der Waals surface area contributed by atoms with E-state index in [9.17, 15) is 22.8 Å². The third-order valence-electron chi connectivity index (χ3n) is 5.17. The Morgan fingerprint density at radius 1 is 1.25 bits per heavy atom. The number of nitrogens with zero attached hydrogens (tertiary/aromatic N) is 2. The fourth-order valence-corrected chi connectivity index (χ4v) is 3.59. The van der Waals surface area contributed by atoms with Crippen LogP contribution in [0.5, 0.6) is 0 Å². The van der Waals surface area contributed by atoms with Crippen molar-refractivity contribution >= 4 is 28.7 Å². The van der Waals surface area contributed by atoms with Crippen LogP contribution in [0.25, 0.3) is 22.3 Å². The van der Waals surface area contributed by atoms with E-state index >= 15 is 0 Å². The molecule has 1 aliphatic heterocycles. The predicted molar refractivity (Wildman–Crippen MR) is 112 cm³/mol. The highest BCUT2D eigenvalue weighted by atomic mass is 19.4. The van der Waals surface area contributed by atoms with E-state index in [1.54, 1.807) is 19.9 Å². The number of hydrogen-bond acceptors (Lipinski definition) is 5. The van der Waals surface area contributed by atoms with E-state index < -0.39 is 18.1 Å². The van der Waals surface area contributed by atoms with Crippen LogP contribution in [-0.4, -0.2) is 52.1 Å². The Morgan fingerprint density at radius 2 is 2.03 bits per heavy atom. The quantitative estimate of drug-likeness (QED) is 0.482. The van der Waals surface area contributed by atoms with Gasteiger partial charge in [-0.3, -0.25) is 9.59 Å². The molecule has 0 bridgehead atoms. The van der Waals surface area contributed by atoms with Gasteiger partial charge in [-0.05, 0) is 26.0 Å². The third-order valence-corrected chi connectivity index (χ3v) is 5.17. The average Bonchev–Trinajstić information content (AvgIpc) is 3.17. The van der Waals surface area contributed by atoms with E-state index in [2.05, 4.69) is 25.6 Å². The van der Waals surface area contributed by atoms with Crippen LogP contribution in [0.15, 0.2) is 24.3 Å². The van der Waals surface area contributed by atoms with Crippen LogP contribution < -0.4 is 16.0 Å². The van der Waals surface area contributed by atoms with Crippen LogP contribution in [0, 0.1) is 6.92 Å². The number of nitrogens with one attached hydrogen (secondary N) is 4. The van der Waals surface area contributed by atoms with Gasteiger partial charge in [-0.1, -0.05) is 12.1 Å². The summed E-state index contributed by atoms with van der Waals surface area (Å²) in [4.78, 5) is 35.7. The third kappa shape index (κ3) is 4.23. The predicted octanol–water partition coefficient (Wildman–Crippen LogP) is 2.70. The highest BCUT2D eigenvalue weighted by Gasteiger charge is 2.38. The molecule has 0 saturated heterocycles. The van der Waals surface area contributed by atoms with Crippen LogP contribution in [-0.2, 0) is 11.2 Å². The SMILES string of the molecule is Cc1nc2cccc(-c3cc4c([nH]3)CCNC4=O)c2nc1N[C@@H](C)CNC(=O)C(F)(F)F. The molecule has 1 atom stereocenters. The number of H-pyrrole nitrogens is 1. The lowest BCUT2D eigenvalue weighted by atomic mass is 10.1. The van der Waals surface area contributed by atoms with Gasteiger partial charge in [-0.2, -0.15) is 13.2 Å². The maximum absolute atomic E-state index is 12.4. The summed E-state index contributed by atoms with van der Waals surface area (Å²) >= 11 is 0. The molecule has 3 heterocycles. The van der Waals surface area contributed by atoms with Gasteiger partial charge in [-0.15, -0.1) is 0 Å². The largest absolute Gasteiger partial charge is 0.471 e. The zero-order valence-corrected chi connectivity index (χ0v) is 17.4. The molecular formula is C21H21F3N6O2. The molecule has 2 aromatic heterocycles. The fourth-order valence-electron chi connectivity index (χ4n) is 3.59. The lowest BCUT2D eigenvalue weighted by Crippen LogP contribution is -2.42. The Kier molecular flexibility index (Phi) is 5.49. The minimum absolute atomic E-state index is 0.131. The van der Waals surface area contributed by atoms with E-state index in [4.69, 9.17) is 0 Å². The van der Waals surface area contributed by atoms with Gasteiger partial charge in [0, 0.05) is 42.5 Å². The Hall–Kier alpha value is -3.63. The molecule has 1 aliphatic rings. The second kappa shape index (κ2) is 8.13. The topological polar surface area (TPSA) is 112 Å². The Morgan fingerprint density at radius 3 is 2.75 bits per heavy atom. The van der Waals surface area contributed by atoms with Crippen molar-refractivity contribution in [2.24, 2.45) is 0 Å².